The molecule has 0 bridgehead atoms. The van der Waals surface area contributed by atoms with Crippen molar-refractivity contribution in [2.45, 2.75) is 82.5 Å². The van der Waals surface area contributed by atoms with Crippen molar-refractivity contribution in [2.24, 2.45) is 0 Å². The van der Waals surface area contributed by atoms with E-state index in [-0.39, 0.29) is 38.3 Å². The van der Waals surface area contributed by atoms with Gasteiger partial charge < -0.3 is 42.8 Å². The molecule has 20 heteroatoms. The number of halogens is 3. The smallest absolute Gasteiger partial charge is 0.471 e. The zero-order valence-corrected chi connectivity index (χ0v) is 37.2. The minimum Gasteiger partial charge on any atom is -0.497 e. The van der Waals surface area contributed by atoms with Crippen LogP contribution in [0.3, 0.4) is 0 Å². The van der Waals surface area contributed by atoms with Crippen LogP contribution in [-0.4, -0.2) is 104 Å². The molecule has 1 aliphatic rings. The lowest BCUT2D eigenvalue weighted by Crippen LogP contribution is -2.44. The van der Waals surface area contributed by atoms with Gasteiger partial charge in [-0.1, -0.05) is 54.6 Å². The van der Waals surface area contributed by atoms with Gasteiger partial charge in [-0.15, -0.1) is 0 Å². The molecule has 2 heterocycles. The molecule has 1 aromatic heterocycles. The number of aromatic nitrogens is 2. The van der Waals surface area contributed by atoms with Crippen LogP contribution in [0.2, 0.25) is 0 Å². The number of carbonyl (C=O) groups is 1. The molecule has 1 saturated heterocycles. The fourth-order valence-electron chi connectivity index (χ4n) is 7.20. The second-order valence-corrected chi connectivity index (χ2v) is 16.3. The second kappa shape index (κ2) is 23.2. The number of hydrogen-bond acceptors (Lipinski definition) is 13. The zero-order valence-electron chi connectivity index (χ0n) is 36.3. The average molecular weight is 916 g/mol. The van der Waals surface area contributed by atoms with E-state index in [1.54, 1.807) is 19.5 Å². The molecule has 5 atom stereocenters. The Morgan fingerprint density at radius 1 is 0.891 bits per heavy atom. The maximum absolute atomic E-state index is 13.5. The summed E-state index contributed by atoms with van der Waals surface area (Å²) in [6.45, 7) is 6.18. The Hall–Kier alpha value is -5.16. The number of nitrogens with zero attached hydrogens (tertiary/aromatic N) is 3. The summed E-state index contributed by atoms with van der Waals surface area (Å²) in [4.78, 5) is 39.3. The summed E-state index contributed by atoms with van der Waals surface area (Å²) in [7, 11) is 1.12. The van der Waals surface area contributed by atoms with Gasteiger partial charge in [0.25, 0.3) is 14.1 Å². The molecule has 16 nitrogen and oxygen atoms in total. The van der Waals surface area contributed by atoms with E-state index < -0.39 is 75.3 Å². The molecule has 3 aromatic carbocycles. The lowest BCUT2D eigenvalue weighted by atomic mass is 9.80. The Labute approximate surface area is 370 Å². The van der Waals surface area contributed by atoms with Crippen molar-refractivity contribution in [3.8, 4) is 17.6 Å². The molecule has 2 N–H and O–H groups in total. The Morgan fingerprint density at radius 3 is 2.02 bits per heavy atom. The number of ether oxygens (including phenoxy) is 6. The normalized spacial score (nSPS) is 18.3. The first-order valence-electron chi connectivity index (χ1n) is 20.4. The first-order chi connectivity index (χ1) is 30.6. The van der Waals surface area contributed by atoms with E-state index in [4.69, 9.17) is 37.5 Å². The van der Waals surface area contributed by atoms with E-state index >= 15 is 0 Å². The highest BCUT2D eigenvalue weighted by Crippen LogP contribution is 2.51. The van der Waals surface area contributed by atoms with Crippen LogP contribution < -0.4 is 26.0 Å². The summed E-state index contributed by atoms with van der Waals surface area (Å²) < 4.78 is 91.5. The number of H-pyrrole nitrogens is 1. The summed E-state index contributed by atoms with van der Waals surface area (Å²) in [5, 5.41) is 11.2. The molecule has 0 aliphatic carbocycles. The van der Waals surface area contributed by atoms with Crippen molar-refractivity contribution >= 4 is 14.4 Å². The topological polar surface area (TPSA) is 185 Å². The van der Waals surface area contributed by atoms with E-state index in [9.17, 15) is 32.8 Å². The molecule has 0 radical (unpaired) electrons. The number of alkyl halides is 3. The highest BCUT2D eigenvalue weighted by atomic mass is 31.2. The predicted molar refractivity (Wildman–Crippen MR) is 228 cm³/mol. The number of nitrogens with one attached hydrogen (secondary N) is 2. The summed E-state index contributed by atoms with van der Waals surface area (Å²) in [6, 6.07) is 27.2. The van der Waals surface area contributed by atoms with Crippen molar-refractivity contribution in [2.75, 3.05) is 47.4 Å². The van der Waals surface area contributed by atoms with Crippen molar-refractivity contribution < 1.29 is 55.4 Å². The van der Waals surface area contributed by atoms with Gasteiger partial charge in [0.05, 0.1) is 46.5 Å². The molecule has 1 aliphatic heterocycles. The second-order valence-electron chi connectivity index (χ2n) is 14.9. The number of nitriles is 1. The maximum Gasteiger partial charge on any atom is 0.471 e. The average Bonchev–Trinajstić information content (AvgIpc) is 3.60. The fourth-order valence-corrected chi connectivity index (χ4v) is 8.97. The highest BCUT2D eigenvalue weighted by molar-refractivity contribution is 7.44. The van der Waals surface area contributed by atoms with E-state index in [1.165, 1.54) is 6.20 Å². The zero-order chi connectivity index (χ0) is 46.4. The summed E-state index contributed by atoms with van der Waals surface area (Å²) >= 11 is 0. The van der Waals surface area contributed by atoms with Crippen LogP contribution in [0.5, 0.6) is 11.5 Å². The van der Waals surface area contributed by atoms with E-state index in [0.29, 0.717) is 22.6 Å². The number of aromatic amines is 1. The van der Waals surface area contributed by atoms with Crippen LogP contribution >= 0.6 is 8.53 Å². The van der Waals surface area contributed by atoms with Gasteiger partial charge in [0.1, 0.15) is 42.2 Å². The SMILES string of the molecule is COc1ccc(C(OC[C@H]2O[C@@H](n3ccc(=O)[nH]c3=O)[C@H](OCOCCNC(=O)C(F)(F)F)[C@@H]2OP(OCCC#N)N(C(C)C)C(C)C)(c2ccccc2)c2ccc(OC)cc2)cc1. The van der Waals surface area contributed by atoms with Crippen LogP contribution in [-0.2, 0) is 38.4 Å². The molecule has 64 heavy (non-hydrogen) atoms. The summed E-state index contributed by atoms with van der Waals surface area (Å²) in [5.74, 6) is -0.913. The van der Waals surface area contributed by atoms with Gasteiger partial charge >= 0.3 is 17.8 Å². The van der Waals surface area contributed by atoms with Crippen LogP contribution in [0.25, 0.3) is 0 Å². The van der Waals surface area contributed by atoms with Crippen molar-refractivity contribution in [3.63, 3.8) is 0 Å². The van der Waals surface area contributed by atoms with Gasteiger partial charge in [-0.3, -0.25) is 19.1 Å². The Morgan fingerprint density at radius 2 is 1.48 bits per heavy atom. The molecule has 5 rings (SSSR count). The summed E-state index contributed by atoms with van der Waals surface area (Å²) in [5.41, 5.74) is -0.687. The van der Waals surface area contributed by atoms with Gasteiger partial charge in [0, 0.05) is 30.9 Å². The van der Waals surface area contributed by atoms with E-state index in [1.807, 2.05) is 111 Å². The minimum atomic E-state index is -5.08. The summed E-state index contributed by atoms with van der Waals surface area (Å²) in [6.07, 6.45) is -8.57. The molecular formula is C44H53F3N5O11P. The molecule has 1 amide bonds. The van der Waals surface area contributed by atoms with Gasteiger partial charge in [0.15, 0.2) is 6.23 Å². The van der Waals surface area contributed by atoms with Crippen LogP contribution in [0.4, 0.5) is 13.2 Å². The van der Waals surface area contributed by atoms with Gasteiger partial charge in [-0.2, -0.15) is 18.4 Å². The van der Waals surface area contributed by atoms with Gasteiger partial charge in [-0.25, -0.2) is 9.46 Å². The van der Waals surface area contributed by atoms with E-state index in [2.05, 4.69) is 11.1 Å². The van der Waals surface area contributed by atoms with Crippen molar-refractivity contribution in [3.05, 3.63) is 129 Å². The number of amides is 1. The Bertz CT molecular complexity index is 2180. The van der Waals surface area contributed by atoms with Crippen LogP contribution in [0.1, 0.15) is 57.0 Å². The molecule has 0 saturated carbocycles. The lowest BCUT2D eigenvalue weighted by molar-refractivity contribution is -0.174. The third-order valence-corrected chi connectivity index (χ3v) is 12.2. The lowest BCUT2D eigenvalue weighted by Gasteiger charge is -2.39. The number of rotatable bonds is 23. The first kappa shape index (κ1) is 49.8. The standard InChI is InChI=1S/C44H53F3N5O11P/c1-29(2)52(30(3)4)64(61-25-10-22-48)63-38-36(62-40(51-24-21-37(53)50-42(51)55)39(38)59-28-58-26-23-49-41(54)44(45,46)47)27-60-43(31-11-8-7-9-12-31,32-13-17-34(56-5)18-14-32)33-15-19-35(57-6)20-16-33/h7-9,11-21,24,29-30,36,38-40H,10,23,25-28H2,1-6H3,(H,49,54)(H,50,53,55)/t36-,38-,39-,40-,64?/m1/s1. The quantitative estimate of drug-likeness (QED) is 0.0374. The predicted octanol–water partition coefficient (Wildman–Crippen LogP) is 6.16. The highest BCUT2D eigenvalue weighted by Gasteiger charge is 2.52. The molecule has 0 spiro atoms. The van der Waals surface area contributed by atoms with E-state index in [0.717, 1.165) is 16.2 Å². The number of methoxy groups -OCH3 is 2. The fraction of sp³-hybridized carbons (Fsp3) is 0.455. The Kier molecular flexibility index (Phi) is 18.0. The van der Waals surface area contributed by atoms with Crippen molar-refractivity contribution in [1.29, 1.82) is 5.26 Å². The van der Waals surface area contributed by atoms with Crippen LogP contribution in [0.15, 0.2) is 101 Å². The molecule has 1 unspecified atom stereocenters. The van der Waals surface area contributed by atoms with Crippen molar-refractivity contribution in [1.82, 2.24) is 19.5 Å². The largest absolute Gasteiger partial charge is 0.497 e. The molecule has 4 aromatic rings. The number of benzene rings is 3. The first-order valence-corrected chi connectivity index (χ1v) is 21.5. The molecular weight excluding hydrogens is 862 g/mol. The number of hydrogen-bond donors (Lipinski definition) is 2. The van der Waals surface area contributed by atoms with Gasteiger partial charge in [0.2, 0.25) is 0 Å². The molecule has 1 fully saturated rings. The Balaban J connectivity index is 1.63. The molecule has 346 valence electrons. The third-order valence-electron chi connectivity index (χ3n) is 10.1. The maximum atomic E-state index is 13.5. The third kappa shape index (κ3) is 12.3. The minimum absolute atomic E-state index is 0.0139. The monoisotopic (exact) mass is 915 g/mol. The van der Waals surface area contributed by atoms with Crippen LogP contribution in [0, 0.1) is 11.3 Å². The number of carbonyl (C=O) groups excluding carboxylic acids is 1. The van der Waals surface area contributed by atoms with Gasteiger partial charge in [-0.05, 0) is 68.7 Å².